The van der Waals surface area contributed by atoms with E-state index in [9.17, 15) is 9.90 Å². The molecule has 1 amide bonds. The van der Waals surface area contributed by atoms with Crippen molar-refractivity contribution in [1.82, 2.24) is 15.3 Å². The summed E-state index contributed by atoms with van der Waals surface area (Å²) in [6.07, 6.45) is 6.29. The molecule has 1 aliphatic carbocycles. The maximum Gasteiger partial charge on any atom is 0.287 e. The van der Waals surface area contributed by atoms with Crippen LogP contribution in [0, 0.1) is 5.41 Å². The lowest BCUT2D eigenvalue weighted by Gasteiger charge is -2.37. The largest absolute Gasteiger partial charge is 0.459 e. The second-order valence-electron chi connectivity index (χ2n) is 8.34. The van der Waals surface area contributed by atoms with E-state index in [1.807, 2.05) is 6.20 Å². The Morgan fingerprint density at radius 3 is 2.85 bits per heavy atom. The molecule has 2 aliphatic rings. The van der Waals surface area contributed by atoms with Gasteiger partial charge >= 0.3 is 0 Å². The van der Waals surface area contributed by atoms with Crippen LogP contribution >= 0.6 is 0 Å². The number of nitrogens with one attached hydrogen (secondary N) is 1. The van der Waals surface area contributed by atoms with Gasteiger partial charge in [0.15, 0.2) is 5.76 Å². The van der Waals surface area contributed by atoms with Crippen molar-refractivity contribution in [3.05, 3.63) is 41.6 Å². The molecule has 0 aromatic carbocycles. The van der Waals surface area contributed by atoms with Crippen LogP contribution in [-0.2, 0) is 6.42 Å². The minimum absolute atomic E-state index is 0.0256. The number of anilines is 1. The second kappa shape index (κ2) is 6.96. The van der Waals surface area contributed by atoms with Gasteiger partial charge in [0, 0.05) is 24.8 Å². The molecule has 7 nitrogen and oxygen atoms in total. The maximum absolute atomic E-state index is 12.5. The minimum atomic E-state index is -0.223. The number of piperidine rings is 1. The topological polar surface area (TPSA) is 91.5 Å². The lowest BCUT2D eigenvalue weighted by molar-refractivity contribution is 0.0890. The van der Waals surface area contributed by atoms with Crippen LogP contribution in [0.25, 0.3) is 0 Å². The normalized spacial score (nSPS) is 22.3. The summed E-state index contributed by atoms with van der Waals surface area (Å²) in [6, 6.07) is 3.23. The molecule has 0 radical (unpaired) electrons. The average molecular weight is 370 g/mol. The number of furan rings is 1. The Kier molecular flexibility index (Phi) is 4.63. The number of carbonyl (C=O) groups is 1. The summed E-state index contributed by atoms with van der Waals surface area (Å²) in [6.45, 7) is 5.92. The zero-order chi connectivity index (χ0) is 19.0. The van der Waals surface area contributed by atoms with Gasteiger partial charge in [0.05, 0.1) is 24.1 Å². The minimum Gasteiger partial charge on any atom is -0.459 e. The van der Waals surface area contributed by atoms with Gasteiger partial charge in [-0.2, -0.15) is 0 Å². The van der Waals surface area contributed by atoms with Crippen molar-refractivity contribution < 1.29 is 14.3 Å². The lowest BCUT2D eigenvalue weighted by Crippen LogP contribution is -2.39. The molecule has 144 valence electrons. The van der Waals surface area contributed by atoms with E-state index in [1.54, 1.807) is 12.1 Å². The quantitative estimate of drug-likeness (QED) is 0.862. The zero-order valence-corrected chi connectivity index (χ0v) is 15.8. The highest BCUT2D eigenvalue weighted by Gasteiger charge is 2.35. The molecule has 1 aliphatic heterocycles. The molecule has 0 spiro atoms. The summed E-state index contributed by atoms with van der Waals surface area (Å²) in [5.74, 6) is 0.807. The number of carbonyl (C=O) groups excluding carboxylic acids is 1. The van der Waals surface area contributed by atoms with Crippen LogP contribution in [0.3, 0.4) is 0 Å². The van der Waals surface area contributed by atoms with Crippen LogP contribution in [0.5, 0.6) is 0 Å². The van der Waals surface area contributed by atoms with Crippen molar-refractivity contribution in [2.75, 3.05) is 18.0 Å². The molecule has 1 atom stereocenters. The summed E-state index contributed by atoms with van der Waals surface area (Å²) in [5, 5.41) is 12.8. The first-order valence-electron chi connectivity index (χ1n) is 9.54. The third-order valence-corrected chi connectivity index (χ3v) is 5.46. The highest BCUT2D eigenvalue weighted by Crippen LogP contribution is 2.40. The van der Waals surface area contributed by atoms with E-state index in [0.29, 0.717) is 5.76 Å². The SMILES string of the molecule is CC1(C)Cc2nc(N3CCC(O)CC3)ncc2C(NC(=O)c2ccco2)C1. The molecule has 2 N–H and O–H groups in total. The molecule has 2 aromatic rings. The van der Waals surface area contributed by atoms with Crippen molar-refractivity contribution in [2.45, 2.75) is 51.7 Å². The molecule has 1 unspecified atom stereocenters. The van der Waals surface area contributed by atoms with Gasteiger partial charge in [-0.25, -0.2) is 9.97 Å². The van der Waals surface area contributed by atoms with Gasteiger partial charge in [-0.3, -0.25) is 4.79 Å². The van der Waals surface area contributed by atoms with E-state index in [2.05, 4.69) is 29.0 Å². The number of amides is 1. The van der Waals surface area contributed by atoms with Crippen LogP contribution in [0.4, 0.5) is 5.95 Å². The summed E-state index contributed by atoms with van der Waals surface area (Å²) in [4.78, 5) is 24.0. The fraction of sp³-hybridized carbons (Fsp3) is 0.550. The zero-order valence-electron chi connectivity index (χ0n) is 15.8. The van der Waals surface area contributed by atoms with Gasteiger partial charge in [0.25, 0.3) is 5.91 Å². The van der Waals surface area contributed by atoms with E-state index >= 15 is 0 Å². The Hall–Kier alpha value is -2.41. The number of aromatic nitrogens is 2. The standard InChI is InChI=1S/C20H26N4O3/c1-20(2)10-15(22-18(26)17-4-3-9-27-17)14-12-21-19(23-16(14)11-20)24-7-5-13(25)6-8-24/h3-4,9,12-13,15,25H,5-8,10-11H2,1-2H3,(H,22,26). The fourth-order valence-electron chi connectivity index (χ4n) is 4.02. The van der Waals surface area contributed by atoms with Gasteiger partial charge in [-0.15, -0.1) is 0 Å². The Bertz CT molecular complexity index is 811. The second-order valence-corrected chi connectivity index (χ2v) is 8.34. The predicted molar refractivity (Wildman–Crippen MR) is 101 cm³/mol. The van der Waals surface area contributed by atoms with Gasteiger partial charge in [-0.1, -0.05) is 13.8 Å². The van der Waals surface area contributed by atoms with Crippen molar-refractivity contribution in [2.24, 2.45) is 5.41 Å². The van der Waals surface area contributed by atoms with Crippen LogP contribution in [0.2, 0.25) is 0 Å². The molecule has 2 aromatic heterocycles. The molecule has 0 bridgehead atoms. The molecule has 1 saturated heterocycles. The third-order valence-electron chi connectivity index (χ3n) is 5.46. The number of aliphatic hydroxyl groups is 1. The first-order valence-corrected chi connectivity index (χ1v) is 9.54. The number of rotatable bonds is 3. The molecule has 7 heteroatoms. The number of nitrogens with zero attached hydrogens (tertiary/aromatic N) is 3. The van der Waals surface area contributed by atoms with Gasteiger partial charge in [-0.05, 0) is 43.2 Å². The van der Waals surface area contributed by atoms with Crippen LogP contribution in [-0.4, -0.2) is 40.2 Å². The maximum atomic E-state index is 12.5. The van der Waals surface area contributed by atoms with E-state index in [0.717, 1.165) is 56.0 Å². The van der Waals surface area contributed by atoms with E-state index in [4.69, 9.17) is 9.40 Å². The molecule has 0 saturated carbocycles. The number of aliphatic hydroxyl groups excluding tert-OH is 1. The van der Waals surface area contributed by atoms with Gasteiger partial charge in [0.1, 0.15) is 0 Å². The van der Waals surface area contributed by atoms with Crippen LogP contribution in [0.1, 0.15) is 61.0 Å². The average Bonchev–Trinajstić information content (AvgIpc) is 3.15. The Morgan fingerprint density at radius 1 is 1.37 bits per heavy atom. The molecular formula is C20H26N4O3. The molecule has 27 heavy (non-hydrogen) atoms. The lowest BCUT2D eigenvalue weighted by atomic mass is 9.74. The van der Waals surface area contributed by atoms with Gasteiger partial charge in [0.2, 0.25) is 5.95 Å². The van der Waals surface area contributed by atoms with Crippen LogP contribution < -0.4 is 10.2 Å². The van der Waals surface area contributed by atoms with E-state index in [-0.39, 0.29) is 23.5 Å². The number of hydrogen-bond acceptors (Lipinski definition) is 6. The fourth-order valence-corrected chi connectivity index (χ4v) is 4.02. The summed E-state index contributed by atoms with van der Waals surface area (Å²) in [5.41, 5.74) is 2.00. The molecule has 3 heterocycles. The first-order chi connectivity index (χ1) is 12.9. The Morgan fingerprint density at radius 2 is 2.15 bits per heavy atom. The number of hydrogen-bond donors (Lipinski definition) is 2. The first kappa shape index (κ1) is 18.0. The van der Waals surface area contributed by atoms with E-state index < -0.39 is 0 Å². The number of fused-ring (bicyclic) bond motifs is 1. The monoisotopic (exact) mass is 370 g/mol. The highest BCUT2D eigenvalue weighted by atomic mass is 16.3. The summed E-state index contributed by atoms with van der Waals surface area (Å²) >= 11 is 0. The molecule has 4 rings (SSSR count). The van der Waals surface area contributed by atoms with Crippen molar-refractivity contribution in [1.29, 1.82) is 0 Å². The molecule has 1 fully saturated rings. The predicted octanol–water partition coefficient (Wildman–Crippen LogP) is 2.47. The highest BCUT2D eigenvalue weighted by molar-refractivity contribution is 5.91. The Labute approximate surface area is 158 Å². The van der Waals surface area contributed by atoms with Crippen molar-refractivity contribution >= 4 is 11.9 Å². The third kappa shape index (κ3) is 3.83. The van der Waals surface area contributed by atoms with Crippen molar-refractivity contribution in [3.63, 3.8) is 0 Å². The Balaban J connectivity index is 1.58. The smallest absolute Gasteiger partial charge is 0.287 e. The van der Waals surface area contributed by atoms with E-state index in [1.165, 1.54) is 6.26 Å². The summed E-state index contributed by atoms with van der Waals surface area (Å²) < 4.78 is 5.21. The molecular weight excluding hydrogens is 344 g/mol. The van der Waals surface area contributed by atoms with Crippen LogP contribution in [0.15, 0.2) is 29.0 Å². The van der Waals surface area contributed by atoms with Crippen molar-refractivity contribution in [3.8, 4) is 0 Å². The summed E-state index contributed by atoms with van der Waals surface area (Å²) in [7, 11) is 0. The van der Waals surface area contributed by atoms with Gasteiger partial charge < -0.3 is 19.7 Å².